The van der Waals surface area contributed by atoms with Crippen molar-refractivity contribution in [1.82, 2.24) is 15.1 Å². The molecule has 5 nitrogen and oxygen atoms in total. The summed E-state index contributed by atoms with van der Waals surface area (Å²) in [6.07, 6.45) is 0.0187. The number of Topliss-reactive ketones (excluding diaryl/α,β-unsaturated/α-hetero) is 1. The first kappa shape index (κ1) is 20.5. The highest BCUT2D eigenvalue weighted by molar-refractivity contribution is 6.33. The van der Waals surface area contributed by atoms with Gasteiger partial charge in [0.1, 0.15) is 11.3 Å². The number of benzene rings is 1. The highest BCUT2D eigenvalue weighted by Gasteiger charge is 2.40. The lowest BCUT2D eigenvalue weighted by Gasteiger charge is -2.10. The van der Waals surface area contributed by atoms with Gasteiger partial charge in [-0.25, -0.2) is 0 Å². The molecule has 0 aliphatic rings. The number of nitrogens with one attached hydrogen (secondary N) is 1. The summed E-state index contributed by atoms with van der Waals surface area (Å²) in [5, 5.41) is 6.27. The number of rotatable bonds is 5. The van der Waals surface area contributed by atoms with Crippen molar-refractivity contribution in [2.75, 3.05) is 6.54 Å². The van der Waals surface area contributed by atoms with E-state index in [1.165, 1.54) is 32.2 Å². The Hall–Kier alpha value is -2.79. The quantitative estimate of drug-likeness (QED) is 0.622. The van der Waals surface area contributed by atoms with Crippen LogP contribution in [-0.2, 0) is 19.6 Å². The molecule has 1 aromatic carbocycles. The van der Waals surface area contributed by atoms with E-state index in [-0.39, 0.29) is 29.2 Å². The number of carbonyl (C=O) groups excluding carboxylic acids is 2. The SMILES string of the molecule is C#CCNC(=O)c1cc(CC(=O)c2c(C(F)(F)F)c(C)nn2C)ccc1Cl. The van der Waals surface area contributed by atoms with Crippen LogP contribution in [0.2, 0.25) is 5.02 Å². The van der Waals surface area contributed by atoms with E-state index in [1.54, 1.807) is 0 Å². The van der Waals surface area contributed by atoms with Crippen LogP contribution in [0.3, 0.4) is 0 Å². The summed E-state index contributed by atoms with van der Waals surface area (Å²) in [4.78, 5) is 24.6. The van der Waals surface area contributed by atoms with Crippen molar-refractivity contribution in [2.24, 2.45) is 7.05 Å². The molecule has 9 heteroatoms. The molecule has 1 aromatic heterocycles. The van der Waals surface area contributed by atoms with Crippen LogP contribution in [-0.4, -0.2) is 28.0 Å². The molecule has 1 N–H and O–H groups in total. The molecule has 0 spiro atoms. The highest BCUT2D eigenvalue weighted by Crippen LogP contribution is 2.34. The molecule has 1 heterocycles. The van der Waals surface area contributed by atoms with E-state index in [4.69, 9.17) is 18.0 Å². The topological polar surface area (TPSA) is 64.0 Å². The smallest absolute Gasteiger partial charge is 0.341 e. The Morgan fingerprint density at radius 2 is 2.04 bits per heavy atom. The number of carbonyl (C=O) groups is 2. The number of hydrogen-bond acceptors (Lipinski definition) is 3. The van der Waals surface area contributed by atoms with E-state index in [0.29, 0.717) is 5.56 Å². The second kappa shape index (κ2) is 7.84. The summed E-state index contributed by atoms with van der Waals surface area (Å²) >= 11 is 5.98. The molecule has 0 saturated carbocycles. The molecule has 0 atom stereocenters. The standard InChI is InChI=1S/C18H15ClF3N3O2/c1-4-7-23-17(27)12-8-11(5-6-13(12)19)9-14(26)16-15(18(20,21)22)10(2)24-25(16)3/h1,5-6,8H,7,9H2,2-3H3,(H,23,27). The number of terminal acetylenes is 1. The molecule has 0 unspecified atom stereocenters. The lowest BCUT2D eigenvalue weighted by Crippen LogP contribution is -2.24. The van der Waals surface area contributed by atoms with E-state index in [0.717, 1.165) is 4.68 Å². The third kappa shape index (κ3) is 4.49. The number of aromatic nitrogens is 2. The maximum Gasteiger partial charge on any atom is 0.420 e. The first-order valence-electron chi connectivity index (χ1n) is 7.70. The number of amides is 1. The second-order valence-electron chi connectivity index (χ2n) is 5.73. The van der Waals surface area contributed by atoms with Gasteiger partial charge in [0.2, 0.25) is 0 Å². The molecule has 0 radical (unpaired) electrons. The Kier molecular flexibility index (Phi) is 5.96. The van der Waals surface area contributed by atoms with Gasteiger partial charge in [0.05, 0.1) is 22.8 Å². The van der Waals surface area contributed by atoms with Crippen LogP contribution in [0.4, 0.5) is 13.2 Å². The molecule has 0 aliphatic heterocycles. The monoisotopic (exact) mass is 397 g/mol. The van der Waals surface area contributed by atoms with Crippen molar-refractivity contribution in [2.45, 2.75) is 19.5 Å². The van der Waals surface area contributed by atoms with Crippen LogP contribution < -0.4 is 5.32 Å². The molecule has 2 aromatic rings. The zero-order chi connectivity index (χ0) is 20.4. The van der Waals surface area contributed by atoms with Gasteiger partial charge in [-0.15, -0.1) is 6.42 Å². The van der Waals surface area contributed by atoms with Crippen molar-refractivity contribution >= 4 is 23.3 Å². The fourth-order valence-corrected chi connectivity index (χ4v) is 2.87. The molecule has 0 fully saturated rings. The van der Waals surface area contributed by atoms with Gasteiger partial charge in [-0.05, 0) is 24.6 Å². The van der Waals surface area contributed by atoms with Gasteiger partial charge < -0.3 is 5.32 Å². The fraction of sp³-hybridized carbons (Fsp3) is 0.278. The molecule has 0 bridgehead atoms. The Labute approximate surface area is 158 Å². The molecule has 1 amide bonds. The Morgan fingerprint density at radius 3 is 2.63 bits per heavy atom. The maximum absolute atomic E-state index is 13.3. The zero-order valence-corrected chi connectivity index (χ0v) is 15.2. The summed E-state index contributed by atoms with van der Waals surface area (Å²) in [7, 11) is 1.27. The zero-order valence-electron chi connectivity index (χ0n) is 14.4. The maximum atomic E-state index is 13.3. The lowest BCUT2D eigenvalue weighted by molar-refractivity contribution is -0.138. The van der Waals surface area contributed by atoms with Gasteiger partial charge in [0, 0.05) is 13.5 Å². The van der Waals surface area contributed by atoms with E-state index < -0.39 is 29.1 Å². The molecule has 142 valence electrons. The number of halogens is 4. The Balaban J connectivity index is 2.35. The lowest BCUT2D eigenvalue weighted by atomic mass is 10.0. The largest absolute Gasteiger partial charge is 0.420 e. The van der Waals surface area contributed by atoms with Gasteiger partial charge in [0.25, 0.3) is 5.91 Å². The molecule has 0 saturated heterocycles. The number of nitrogens with zero attached hydrogens (tertiary/aromatic N) is 2. The van der Waals surface area contributed by atoms with Gasteiger partial charge in [-0.1, -0.05) is 23.6 Å². The average Bonchev–Trinajstić information content (AvgIpc) is 2.88. The van der Waals surface area contributed by atoms with Crippen molar-refractivity contribution in [3.05, 3.63) is 51.3 Å². The van der Waals surface area contributed by atoms with Gasteiger partial charge in [0.15, 0.2) is 5.78 Å². The average molecular weight is 398 g/mol. The van der Waals surface area contributed by atoms with Crippen LogP contribution in [0.15, 0.2) is 18.2 Å². The van der Waals surface area contributed by atoms with E-state index >= 15 is 0 Å². The number of aryl methyl sites for hydroxylation is 2. The summed E-state index contributed by atoms with van der Waals surface area (Å²) in [5.41, 5.74) is -1.46. The predicted octanol–water partition coefficient (Wildman–Crippen LogP) is 3.19. The minimum Gasteiger partial charge on any atom is -0.341 e. The second-order valence-corrected chi connectivity index (χ2v) is 6.14. The Morgan fingerprint density at radius 1 is 1.37 bits per heavy atom. The third-order valence-electron chi connectivity index (χ3n) is 3.76. The fourth-order valence-electron chi connectivity index (χ4n) is 2.67. The highest BCUT2D eigenvalue weighted by atomic mass is 35.5. The van der Waals surface area contributed by atoms with Gasteiger partial charge in [-0.2, -0.15) is 18.3 Å². The van der Waals surface area contributed by atoms with E-state index in [9.17, 15) is 22.8 Å². The van der Waals surface area contributed by atoms with Crippen LogP contribution in [0, 0.1) is 19.3 Å². The van der Waals surface area contributed by atoms with Crippen LogP contribution in [0.25, 0.3) is 0 Å². The summed E-state index contributed by atoms with van der Waals surface area (Å²) in [5.74, 6) is 0.922. The summed E-state index contributed by atoms with van der Waals surface area (Å²) < 4.78 is 40.7. The van der Waals surface area contributed by atoms with E-state index in [1.807, 2.05) is 0 Å². The van der Waals surface area contributed by atoms with E-state index in [2.05, 4.69) is 16.3 Å². The minimum atomic E-state index is -4.70. The molecule has 2 rings (SSSR count). The normalized spacial score (nSPS) is 11.1. The van der Waals surface area contributed by atoms with Crippen molar-refractivity contribution in [3.63, 3.8) is 0 Å². The van der Waals surface area contributed by atoms with Gasteiger partial charge >= 0.3 is 6.18 Å². The van der Waals surface area contributed by atoms with Crippen molar-refractivity contribution < 1.29 is 22.8 Å². The molecular weight excluding hydrogens is 383 g/mol. The van der Waals surface area contributed by atoms with Gasteiger partial charge in [-0.3, -0.25) is 14.3 Å². The van der Waals surface area contributed by atoms with Crippen LogP contribution in [0.1, 0.15) is 37.7 Å². The first-order chi connectivity index (χ1) is 12.6. The molecular formula is C18H15ClF3N3O2. The molecule has 27 heavy (non-hydrogen) atoms. The first-order valence-corrected chi connectivity index (χ1v) is 8.08. The van der Waals surface area contributed by atoms with Crippen LogP contribution >= 0.6 is 11.6 Å². The third-order valence-corrected chi connectivity index (χ3v) is 4.09. The van der Waals surface area contributed by atoms with Crippen molar-refractivity contribution in [3.8, 4) is 12.3 Å². The minimum absolute atomic E-state index is 0.0123. The van der Waals surface area contributed by atoms with Crippen LogP contribution in [0.5, 0.6) is 0 Å². The number of alkyl halides is 3. The van der Waals surface area contributed by atoms with Crippen molar-refractivity contribution in [1.29, 1.82) is 0 Å². The summed E-state index contributed by atoms with van der Waals surface area (Å²) in [6.45, 7) is 1.18. The number of ketones is 1. The number of hydrogen-bond donors (Lipinski definition) is 1. The predicted molar refractivity (Wildman–Crippen MR) is 93.6 cm³/mol. The Bertz CT molecular complexity index is 943. The summed E-state index contributed by atoms with van der Waals surface area (Å²) in [6, 6.07) is 4.21. The molecule has 0 aliphatic carbocycles.